The van der Waals surface area contributed by atoms with Gasteiger partial charge in [0.15, 0.2) is 0 Å². The molecule has 0 aliphatic rings. The summed E-state index contributed by atoms with van der Waals surface area (Å²) in [6.45, 7) is 0.557. The van der Waals surface area contributed by atoms with Crippen molar-refractivity contribution in [1.29, 1.82) is 0 Å². The van der Waals surface area contributed by atoms with E-state index in [1.54, 1.807) is 12.5 Å². The molecule has 0 atom stereocenters. The average Bonchev–Trinajstić information content (AvgIpc) is 2.77. The molecule has 1 aromatic carbocycles. The highest BCUT2D eigenvalue weighted by atomic mass is 32.1. The van der Waals surface area contributed by atoms with Crippen LogP contribution < -0.4 is 0 Å². The lowest BCUT2D eigenvalue weighted by Gasteiger charge is -2.01. The molecule has 1 heterocycles. The van der Waals surface area contributed by atoms with Gasteiger partial charge in [-0.1, -0.05) is 18.2 Å². The van der Waals surface area contributed by atoms with E-state index in [2.05, 4.69) is 4.98 Å². The highest BCUT2D eigenvalue weighted by Crippen LogP contribution is 2.24. The Morgan fingerprint density at radius 1 is 1.50 bits per heavy atom. The number of thiazole rings is 1. The number of aromatic nitrogens is 1. The topological polar surface area (TPSA) is 59.4 Å². The van der Waals surface area contributed by atoms with Gasteiger partial charge in [-0.05, 0) is 11.6 Å². The molecule has 4 nitrogen and oxygen atoms in total. The van der Waals surface area contributed by atoms with Crippen LogP contribution in [0.15, 0.2) is 29.6 Å². The van der Waals surface area contributed by atoms with Crippen LogP contribution in [0.1, 0.15) is 11.3 Å². The van der Waals surface area contributed by atoms with Crippen molar-refractivity contribution in [3.8, 4) is 10.6 Å². The Bertz CT molecular complexity index is 551. The summed E-state index contributed by atoms with van der Waals surface area (Å²) < 4.78 is 5.08. The number of benzene rings is 1. The van der Waals surface area contributed by atoms with Gasteiger partial charge in [0, 0.05) is 18.1 Å². The fourth-order valence-electron chi connectivity index (χ4n) is 1.64. The number of ether oxygens (including phenoxy) is 1. The lowest BCUT2D eigenvalue weighted by atomic mass is 10.1. The van der Waals surface area contributed by atoms with E-state index in [-0.39, 0.29) is 6.42 Å². The zero-order valence-electron chi connectivity index (χ0n) is 9.92. The first-order valence-corrected chi connectivity index (χ1v) is 6.31. The molecule has 0 saturated heterocycles. The molecule has 2 rings (SSSR count). The lowest BCUT2D eigenvalue weighted by molar-refractivity contribution is -0.136. The number of carbonyl (C=O) groups is 1. The van der Waals surface area contributed by atoms with Gasteiger partial charge >= 0.3 is 5.97 Å². The van der Waals surface area contributed by atoms with Gasteiger partial charge in [-0.3, -0.25) is 4.79 Å². The van der Waals surface area contributed by atoms with Crippen LogP contribution in [0.4, 0.5) is 0 Å². The zero-order valence-corrected chi connectivity index (χ0v) is 10.7. The van der Waals surface area contributed by atoms with Crippen LogP contribution in [0.3, 0.4) is 0 Å². The van der Waals surface area contributed by atoms with Crippen LogP contribution in [0.25, 0.3) is 10.6 Å². The van der Waals surface area contributed by atoms with Crippen LogP contribution in [0, 0.1) is 0 Å². The summed E-state index contributed by atoms with van der Waals surface area (Å²) in [5.74, 6) is -0.861. The van der Waals surface area contributed by atoms with E-state index in [0.717, 1.165) is 16.1 Å². The Morgan fingerprint density at radius 2 is 2.33 bits per heavy atom. The molecule has 0 aliphatic carbocycles. The van der Waals surface area contributed by atoms with Crippen LogP contribution >= 0.6 is 11.3 Å². The fourth-order valence-corrected chi connectivity index (χ4v) is 2.45. The summed E-state index contributed by atoms with van der Waals surface area (Å²) in [4.78, 5) is 14.9. The van der Waals surface area contributed by atoms with Crippen molar-refractivity contribution in [2.24, 2.45) is 0 Å². The Morgan fingerprint density at radius 3 is 3.06 bits per heavy atom. The monoisotopic (exact) mass is 263 g/mol. The highest BCUT2D eigenvalue weighted by Gasteiger charge is 2.08. The number of methoxy groups -OCH3 is 1. The molecule has 0 spiro atoms. The minimum Gasteiger partial charge on any atom is -0.481 e. The van der Waals surface area contributed by atoms with Gasteiger partial charge in [0.25, 0.3) is 0 Å². The van der Waals surface area contributed by atoms with Gasteiger partial charge in [0.05, 0.1) is 18.7 Å². The first-order chi connectivity index (χ1) is 8.69. The standard InChI is InChI=1S/C13H13NO3S/c1-17-7-9-3-2-4-10(5-9)13-14-11(8-18-13)6-12(15)16/h2-5,8H,6-7H2,1H3,(H,15,16). The molecule has 1 aromatic heterocycles. The molecule has 0 aliphatic heterocycles. The third-order valence-corrected chi connectivity index (χ3v) is 3.31. The number of hydrogen-bond acceptors (Lipinski definition) is 4. The summed E-state index contributed by atoms with van der Waals surface area (Å²) in [7, 11) is 1.65. The molecule has 0 radical (unpaired) electrons. The summed E-state index contributed by atoms with van der Waals surface area (Å²) in [6, 6.07) is 7.90. The minimum absolute atomic E-state index is 0.0335. The largest absolute Gasteiger partial charge is 0.481 e. The van der Waals surface area contributed by atoms with Gasteiger partial charge in [-0.25, -0.2) is 4.98 Å². The molecular weight excluding hydrogens is 250 g/mol. The smallest absolute Gasteiger partial charge is 0.309 e. The molecule has 0 bridgehead atoms. The van der Waals surface area contributed by atoms with Crippen LogP contribution in [0.2, 0.25) is 0 Å². The van der Waals surface area contributed by atoms with Gasteiger partial charge < -0.3 is 9.84 Å². The molecule has 0 amide bonds. The van der Waals surface area contributed by atoms with Crippen molar-refractivity contribution in [2.75, 3.05) is 7.11 Å². The van der Waals surface area contributed by atoms with Crippen LogP contribution in [-0.4, -0.2) is 23.2 Å². The second-order valence-corrected chi connectivity index (χ2v) is 4.71. The number of aliphatic carboxylic acids is 1. The Kier molecular flexibility index (Phi) is 4.07. The first kappa shape index (κ1) is 12.7. The van der Waals surface area contributed by atoms with Crippen LogP contribution in [0.5, 0.6) is 0 Å². The zero-order chi connectivity index (χ0) is 13.0. The van der Waals surface area contributed by atoms with Crippen molar-refractivity contribution >= 4 is 17.3 Å². The van der Waals surface area contributed by atoms with Gasteiger partial charge in [-0.15, -0.1) is 11.3 Å². The summed E-state index contributed by atoms with van der Waals surface area (Å²) in [6.07, 6.45) is -0.0335. The Balaban J connectivity index is 2.22. The van der Waals surface area contributed by atoms with E-state index in [1.807, 2.05) is 24.3 Å². The third-order valence-electron chi connectivity index (χ3n) is 2.37. The predicted molar refractivity (Wildman–Crippen MR) is 69.6 cm³/mol. The van der Waals surface area contributed by atoms with Gasteiger partial charge in [-0.2, -0.15) is 0 Å². The van der Waals surface area contributed by atoms with Crippen LogP contribution in [-0.2, 0) is 22.6 Å². The van der Waals surface area contributed by atoms with Crippen molar-refractivity contribution in [3.05, 3.63) is 40.9 Å². The molecule has 1 N–H and O–H groups in total. The molecule has 2 aromatic rings. The molecule has 0 fully saturated rings. The third kappa shape index (κ3) is 3.15. The fraction of sp³-hybridized carbons (Fsp3) is 0.231. The second kappa shape index (κ2) is 5.75. The number of rotatable bonds is 5. The number of hydrogen-bond donors (Lipinski definition) is 1. The van der Waals surface area contributed by atoms with Crippen molar-refractivity contribution in [1.82, 2.24) is 4.98 Å². The van der Waals surface area contributed by atoms with E-state index in [0.29, 0.717) is 12.3 Å². The number of carboxylic acids is 1. The maximum atomic E-state index is 10.6. The summed E-state index contributed by atoms with van der Waals surface area (Å²) in [5.41, 5.74) is 2.66. The number of nitrogens with zero attached hydrogens (tertiary/aromatic N) is 1. The second-order valence-electron chi connectivity index (χ2n) is 3.85. The highest BCUT2D eigenvalue weighted by molar-refractivity contribution is 7.13. The summed E-state index contributed by atoms with van der Waals surface area (Å²) >= 11 is 1.46. The van der Waals surface area contributed by atoms with Gasteiger partial charge in [0.1, 0.15) is 5.01 Å². The molecule has 18 heavy (non-hydrogen) atoms. The predicted octanol–water partition coefficient (Wildman–Crippen LogP) is 2.58. The molecule has 94 valence electrons. The van der Waals surface area contributed by atoms with E-state index < -0.39 is 5.97 Å². The Hall–Kier alpha value is -1.72. The van der Waals surface area contributed by atoms with E-state index in [4.69, 9.17) is 9.84 Å². The van der Waals surface area contributed by atoms with E-state index in [9.17, 15) is 4.79 Å². The van der Waals surface area contributed by atoms with E-state index in [1.165, 1.54) is 11.3 Å². The van der Waals surface area contributed by atoms with Crippen molar-refractivity contribution in [3.63, 3.8) is 0 Å². The van der Waals surface area contributed by atoms with Crippen molar-refractivity contribution < 1.29 is 14.6 Å². The first-order valence-electron chi connectivity index (χ1n) is 5.43. The van der Waals surface area contributed by atoms with Crippen molar-refractivity contribution in [2.45, 2.75) is 13.0 Å². The van der Waals surface area contributed by atoms with E-state index >= 15 is 0 Å². The molecular formula is C13H13NO3S. The average molecular weight is 263 g/mol. The minimum atomic E-state index is -0.861. The normalized spacial score (nSPS) is 10.5. The maximum absolute atomic E-state index is 10.6. The maximum Gasteiger partial charge on any atom is 0.309 e. The molecule has 0 saturated carbocycles. The number of carboxylic acid groups (broad SMARTS) is 1. The summed E-state index contributed by atoms with van der Waals surface area (Å²) in [5, 5.41) is 11.3. The lowest BCUT2D eigenvalue weighted by Crippen LogP contribution is -1.99. The SMILES string of the molecule is COCc1cccc(-c2nc(CC(=O)O)cs2)c1. The quantitative estimate of drug-likeness (QED) is 0.900. The molecule has 0 unspecified atom stereocenters. The van der Waals surface area contributed by atoms with Gasteiger partial charge in [0.2, 0.25) is 0 Å². The molecule has 5 heteroatoms. The Labute approximate surface area is 109 Å².